The molecule has 0 unspecified atom stereocenters. The summed E-state index contributed by atoms with van der Waals surface area (Å²) in [6.07, 6.45) is 1.35. The topological polar surface area (TPSA) is 70.2 Å². The molecule has 6 nitrogen and oxygen atoms in total. The number of anilines is 2. The summed E-state index contributed by atoms with van der Waals surface area (Å²) in [4.78, 5) is 21.1. The smallest absolute Gasteiger partial charge is 0.241 e. The first-order valence-electron chi connectivity index (χ1n) is 5.26. The summed E-state index contributed by atoms with van der Waals surface area (Å²) in [5.74, 6) is 0.509. The van der Waals surface area contributed by atoms with Gasteiger partial charge in [0.25, 0.3) is 0 Å². The normalized spacial score (nSPS) is 9.88. The molecule has 0 spiro atoms. The number of nitrogens with one attached hydrogen (secondary N) is 2. The standard InChI is InChI=1S/C10H16ClN5O/c1-4-16(3)7(17)5-13-10-8(12-2)9(11)14-6-15-10/h6,12H,4-5H2,1-3H3,(H,13,14,15). The Kier molecular flexibility index (Phi) is 4.96. The fourth-order valence-electron chi connectivity index (χ4n) is 1.19. The minimum atomic E-state index is -0.00992. The molecule has 0 aliphatic rings. The Hall–Kier alpha value is -1.56. The number of likely N-dealkylation sites (N-methyl/N-ethyl adjacent to an activating group) is 1. The summed E-state index contributed by atoms with van der Waals surface area (Å²) in [6, 6.07) is 0. The summed E-state index contributed by atoms with van der Waals surface area (Å²) in [6.45, 7) is 2.76. The van der Waals surface area contributed by atoms with Crippen molar-refractivity contribution in [1.82, 2.24) is 14.9 Å². The first-order chi connectivity index (χ1) is 8.10. The van der Waals surface area contributed by atoms with Crippen LogP contribution in [0.2, 0.25) is 5.15 Å². The van der Waals surface area contributed by atoms with Crippen molar-refractivity contribution in [3.63, 3.8) is 0 Å². The largest absolute Gasteiger partial charge is 0.383 e. The molecule has 1 aromatic heterocycles. The molecule has 0 atom stereocenters. The number of aromatic nitrogens is 2. The van der Waals surface area contributed by atoms with Crippen molar-refractivity contribution in [2.75, 3.05) is 37.8 Å². The monoisotopic (exact) mass is 257 g/mol. The van der Waals surface area contributed by atoms with Gasteiger partial charge in [-0.2, -0.15) is 0 Å². The van der Waals surface area contributed by atoms with E-state index < -0.39 is 0 Å². The van der Waals surface area contributed by atoms with Crippen LogP contribution in [0.3, 0.4) is 0 Å². The fourth-order valence-corrected chi connectivity index (χ4v) is 1.42. The van der Waals surface area contributed by atoms with Crippen molar-refractivity contribution in [2.45, 2.75) is 6.92 Å². The third-order valence-electron chi connectivity index (χ3n) is 2.36. The molecule has 0 aliphatic carbocycles. The lowest BCUT2D eigenvalue weighted by Gasteiger charge is -2.16. The van der Waals surface area contributed by atoms with Crippen LogP contribution in [0.5, 0.6) is 0 Å². The summed E-state index contributed by atoms with van der Waals surface area (Å²) in [5, 5.41) is 6.14. The number of carbonyl (C=O) groups excluding carboxylic acids is 1. The van der Waals surface area contributed by atoms with Crippen molar-refractivity contribution >= 4 is 29.0 Å². The number of nitrogens with zero attached hydrogens (tertiary/aromatic N) is 3. The number of halogens is 1. The van der Waals surface area contributed by atoms with Gasteiger partial charge in [0.05, 0.1) is 6.54 Å². The van der Waals surface area contributed by atoms with Crippen molar-refractivity contribution in [3.05, 3.63) is 11.5 Å². The van der Waals surface area contributed by atoms with Crippen LogP contribution in [-0.4, -0.2) is 48.0 Å². The molecule has 17 heavy (non-hydrogen) atoms. The SMILES string of the molecule is CCN(C)C(=O)CNc1ncnc(Cl)c1NC. The zero-order chi connectivity index (χ0) is 12.8. The molecule has 0 saturated carbocycles. The van der Waals surface area contributed by atoms with Crippen LogP contribution < -0.4 is 10.6 Å². The number of rotatable bonds is 5. The molecule has 0 fully saturated rings. The van der Waals surface area contributed by atoms with Gasteiger partial charge in [0, 0.05) is 20.6 Å². The van der Waals surface area contributed by atoms with Crippen LogP contribution in [0, 0.1) is 0 Å². The van der Waals surface area contributed by atoms with E-state index >= 15 is 0 Å². The van der Waals surface area contributed by atoms with E-state index in [4.69, 9.17) is 11.6 Å². The number of hydrogen-bond acceptors (Lipinski definition) is 5. The maximum Gasteiger partial charge on any atom is 0.241 e. The molecule has 1 heterocycles. The summed E-state index contributed by atoms with van der Waals surface area (Å²) < 4.78 is 0. The Labute approximate surface area is 105 Å². The van der Waals surface area contributed by atoms with E-state index in [1.165, 1.54) is 6.33 Å². The fraction of sp³-hybridized carbons (Fsp3) is 0.500. The molecule has 1 amide bonds. The maximum absolute atomic E-state index is 11.6. The molecule has 1 rings (SSSR count). The molecule has 0 saturated heterocycles. The lowest BCUT2D eigenvalue weighted by Crippen LogP contribution is -2.32. The Morgan fingerprint density at radius 2 is 2.24 bits per heavy atom. The lowest BCUT2D eigenvalue weighted by molar-refractivity contribution is -0.127. The van der Waals surface area contributed by atoms with Gasteiger partial charge in [-0.15, -0.1) is 0 Å². The molecule has 0 aromatic carbocycles. The van der Waals surface area contributed by atoms with Crippen molar-refractivity contribution in [2.24, 2.45) is 0 Å². The minimum absolute atomic E-state index is 0.00992. The van der Waals surface area contributed by atoms with Crippen LogP contribution in [0.25, 0.3) is 0 Å². The maximum atomic E-state index is 11.6. The molecule has 94 valence electrons. The lowest BCUT2D eigenvalue weighted by atomic mass is 10.4. The van der Waals surface area contributed by atoms with Crippen LogP contribution in [0.4, 0.5) is 11.5 Å². The third kappa shape index (κ3) is 3.45. The Balaban J connectivity index is 2.69. The number of hydrogen-bond donors (Lipinski definition) is 2. The van der Waals surface area contributed by atoms with E-state index in [1.54, 1.807) is 19.0 Å². The van der Waals surface area contributed by atoms with Crippen molar-refractivity contribution < 1.29 is 4.79 Å². The first-order valence-corrected chi connectivity index (χ1v) is 5.64. The molecule has 0 aliphatic heterocycles. The van der Waals surface area contributed by atoms with Crippen LogP contribution in [0.15, 0.2) is 6.33 Å². The third-order valence-corrected chi connectivity index (χ3v) is 2.64. The van der Waals surface area contributed by atoms with Crippen molar-refractivity contribution in [1.29, 1.82) is 0 Å². The first kappa shape index (κ1) is 13.5. The number of carbonyl (C=O) groups is 1. The molecule has 1 aromatic rings. The van der Waals surface area contributed by atoms with E-state index in [-0.39, 0.29) is 12.5 Å². The van der Waals surface area contributed by atoms with E-state index in [1.807, 2.05) is 6.92 Å². The van der Waals surface area contributed by atoms with Gasteiger partial charge in [-0.3, -0.25) is 4.79 Å². The van der Waals surface area contributed by atoms with E-state index in [0.717, 1.165) is 0 Å². The van der Waals surface area contributed by atoms with Crippen LogP contribution in [0.1, 0.15) is 6.92 Å². The van der Waals surface area contributed by atoms with Gasteiger partial charge in [0.1, 0.15) is 12.0 Å². The zero-order valence-electron chi connectivity index (χ0n) is 10.1. The van der Waals surface area contributed by atoms with Crippen molar-refractivity contribution in [3.8, 4) is 0 Å². The molecule has 0 bridgehead atoms. The van der Waals surface area contributed by atoms with Crippen LogP contribution >= 0.6 is 11.6 Å². The van der Waals surface area contributed by atoms with Gasteiger partial charge in [-0.1, -0.05) is 11.6 Å². The van der Waals surface area contributed by atoms with Gasteiger partial charge >= 0.3 is 0 Å². The van der Waals surface area contributed by atoms with E-state index in [9.17, 15) is 4.79 Å². The summed E-state index contributed by atoms with van der Waals surface area (Å²) >= 11 is 5.89. The molecule has 2 N–H and O–H groups in total. The summed E-state index contributed by atoms with van der Waals surface area (Å²) in [7, 11) is 3.46. The van der Waals surface area contributed by atoms with E-state index in [0.29, 0.717) is 23.2 Å². The highest BCUT2D eigenvalue weighted by atomic mass is 35.5. The minimum Gasteiger partial charge on any atom is -0.383 e. The Morgan fingerprint density at radius 1 is 1.53 bits per heavy atom. The average molecular weight is 258 g/mol. The average Bonchev–Trinajstić information content (AvgIpc) is 2.34. The van der Waals surface area contributed by atoms with Crippen LogP contribution in [-0.2, 0) is 4.79 Å². The van der Waals surface area contributed by atoms with Gasteiger partial charge < -0.3 is 15.5 Å². The van der Waals surface area contributed by atoms with E-state index in [2.05, 4.69) is 20.6 Å². The molecular weight excluding hydrogens is 242 g/mol. The molecular formula is C10H16ClN5O. The van der Waals surface area contributed by atoms with Gasteiger partial charge in [0.2, 0.25) is 5.91 Å². The predicted octanol–water partition coefficient (Wildman–Crippen LogP) is 1.06. The quantitative estimate of drug-likeness (QED) is 0.772. The van der Waals surface area contributed by atoms with Gasteiger partial charge in [-0.05, 0) is 6.92 Å². The highest BCUT2D eigenvalue weighted by Crippen LogP contribution is 2.24. The Morgan fingerprint density at radius 3 is 2.82 bits per heavy atom. The second-order valence-electron chi connectivity index (χ2n) is 3.40. The zero-order valence-corrected chi connectivity index (χ0v) is 10.9. The number of amides is 1. The predicted molar refractivity (Wildman–Crippen MR) is 68.4 cm³/mol. The van der Waals surface area contributed by atoms with Gasteiger partial charge in [-0.25, -0.2) is 9.97 Å². The van der Waals surface area contributed by atoms with Gasteiger partial charge in [0.15, 0.2) is 11.0 Å². The molecule has 0 radical (unpaired) electrons. The highest BCUT2D eigenvalue weighted by molar-refractivity contribution is 6.32. The second kappa shape index (κ2) is 6.24. The Bertz CT molecular complexity index is 398. The molecule has 7 heteroatoms. The summed E-state index contributed by atoms with van der Waals surface area (Å²) in [5.41, 5.74) is 0.584. The highest BCUT2D eigenvalue weighted by Gasteiger charge is 2.11. The second-order valence-corrected chi connectivity index (χ2v) is 3.76.